The molecule has 0 N–H and O–H groups in total. The molecule has 3 aromatic rings. The summed E-state index contributed by atoms with van der Waals surface area (Å²) in [4.78, 5) is 18.7. The van der Waals surface area contributed by atoms with Gasteiger partial charge in [0.15, 0.2) is 5.16 Å². The van der Waals surface area contributed by atoms with Gasteiger partial charge in [-0.15, -0.1) is 0 Å². The standard InChI is InChI=1S/C18H21N3O3S/c1-20(12-14-6-5-10-24-14)17(22)13-25-18-19-15-7-3-4-8-16(15)21(18)9-11-23-2/h3-8,10H,9,11-13H2,1-2H3. The number of thioether (sulfide) groups is 1. The molecule has 0 fully saturated rings. The van der Waals surface area contributed by atoms with Gasteiger partial charge in [-0.1, -0.05) is 23.9 Å². The molecule has 0 saturated heterocycles. The Balaban J connectivity index is 1.68. The summed E-state index contributed by atoms with van der Waals surface area (Å²) in [5.74, 6) is 1.13. The number of hydrogen-bond acceptors (Lipinski definition) is 5. The van der Waals surface area contributed by atoms with Gasteiger partial charge in [0.25, 0.3) is 0 Å². The molecule has 0 bridgehead atoms. The van der Waals surface area contributed by atoms with Crippen LogP contribution in [0.1, 0.15) is 5.76 Å². The third-order valence-electron chi connectivity index (χ3n) is 3.86. The van der Waals surface area contributed by atoms with Crippen LogP contribution in [-0.2, 0) is 22.6 Å². The van der Waals surface area contributed by atoms with Crippen molar-refractivity contribution in [3.05, 3.63) is 48.4 Å². The van der Waals surface area contributed by atoms with Crippen LogP contribution in [0, 0.1) is 0 Å². The lowest BCUT2D eigenvalue weighted by molar-refractivity contribution is -0.127. The fourth-order valence-electron chi connectivity index (χ4n) is 2.52. The monoisotopic (exact) mass is 359 g/mol. The zero-order chi connectivity index (χ0) is 17.6. The molecular weight excluding hydrogens is 338 g/mol. The molecule has 0 unspecified atom stereocenters. The Morgan fingerprint density at radius 3 is 2.92 bits per heavy atom. The SMILES string of the molecule is COCCn1c(SCC(=O)N(C)Cc2ccco2)nc2ccccc21. The minimum absolute atomic E-state index is 0.0340. The van der Waals surface area contributed by atoms with E-state index in [-0.39, 0.29) is 5.91 Å². The average molecular weight is 359 g/mol. The van der Waals surface area contributed by atoms with E-state index >= 15 is 0 Å². The topological polar surface area (TPSA) is 60.5 Å². The first kappa shape index (κ1) is 17.6. The maximum absolute atomic E-state index is 12.4. The molecular formula is C18H21N3O3S. The van der Waals surface area contributed by atoms with Gasteiger partial charge in [0.1, 0.15) is 5.76 Å². The molecule has 132 valence electrons. The highest BCUT2D eigenvalue weighted by Gasteiger charge is 2.15. The van der Waals surface area contributed by atoms with Gasteiger partial charge in [-0.3, -0.25) is 4.79 Å². The van der Waals surface area contributed by atoms with Crippen molar-refractivity contribution in [1.29, 1.82) is 0 Å². The Morgan fingerprint density at radius 2 is 2.16 bits per heavy atom. The Morgan fingerprint density at radius 1 is 1.32 bits per heavy atom. The summed E-state index contributed by atoms with van der Waals surface area (Å²) >= 11 is 1.45. The van der Waals surface area contributed by atoms with Crippen molar-refractivity contribution in [3.8, 4) is 0 Å². The number of nitrogens with zero attached hydrogens (tertiary/aromatic N) is 3. The predicted octanol–water partition coefficient (Wildman–Crippen LogP) is 3.03. The number of hydrogen-bond donors (Lipinski definition) is 0. The van der Waals surface area contributed by atoms with Gasteiger partial charge in [-0.05, 0) is 24.3 Å². The van der Waals surface area contributed by atoms with Crippen molar-refractivity contribution >= 4 is 28.7 Å². The van der Waals surface area contributed by atoms with E-state index in [4.69, 9.17) is 9.15 Å². The van der Waals surface area contributed by atoms with Crippen LogP contribution in [0.2, 0.25) is 0 Å². The molecule has 0 aliphatic carbocycles. The number of para-hydroxylation sites is 2. The van der Waals surface area contributed by atoms with Gasteiger partial charge in [-0.25, -0.2) is 4.98 Å². The summed E-state index contributed by atoms with van der Waals surface area (Å²) in [5, 5.41) is 0.831. The normalized spacial score (nSPS) is 11.1. The molecule has 2 aromatic heterocycles. The van der Waals surface area contributed by atoms with E-state index in [9.17, 15) is 4.79 Å². The third kappa shape index (κ3) is 4.24. The van der Waals surface area contributed by atoms with E-state index < -0.39 is 0 Å². The molecule has 0 aliphatic rings. The number of benzene rings is 1. The predicted molar refractivity (Wildman–Crippen MR) is 97.5 cm³/mol. The number of aromatic nitrogens is 2. The first-order valence-electron chi connectivity index (χ1n) is 8.02. The Bertz CT molecular complexity index is 829. The summed E-state index contributed by atoms with van der Waals surface area (Å²) < 4.78 is 12.6. The zero-order valence-corrected chi connectivity index (χ0v) is 15.2. The molecule has 6 nitrogen and oxygen atoms in total. The van der Waals surface area contributed by atoms with Crippen molar-refractivity contribution < 1.29 is 13.9 Å². The fraction of sp³-hybridized carbons (Fsp3) is 0.333. The van der Waals surface area contributed by atoms with Crippen LogP contribution in [-0.4, -0.2) is 46.9 Å². The highest BCUT2D eigenvalue weighted by atomic mass is 32.2. The largest absolute Gasteiger partial charge is 0.467 e. The van der Waals surface area contributed by atoms with Crippen molar-refractivity contribution in [3.63, 3.8) is 0 Å². The van der Waals surface area contributed by atoms with E-state index in [0.717, 1.165) is 22.0 Å². The van der Waals surface area contributed by atoms with E-state index in [1.165, 1.54) is 11.8 Å². The number of amides is 1. The van der Waals surface area contributed by atoms with Crippen molar-refractivity contribution in [2.45, 2.75) is 18.2 Å². The van der Waals surface area contributed by atoms with E-state index in [1.807, 2.05) is 36.4 Å². The molecule has 0 atom stereocenters. The van der Waals surface area contributed by atoms with Gasteiger partial charge >= 0.3 is 0 Å². The number of rotatable bonds is 8. The van der Waals surface area contributed by atoms with Crippen molar-refractivity contribution in [2.24, 2.45) is 0 Å². The lowest BCUT2D eigenvalue weighted by Crippen LogP contribution is -2.27. The molecule has 1 amide bonds. The lowest BCUT2D eigenvalue weighted by atomic mass is 10.3. The zero-order valence-electron chi connectivity index (χ0n) is 14.3. The second-order valence-corrected chi connectivity index (χ2v) is 6.59. The molecule has 1 aromatic carbocycles. The van der Waals surface area contributed by atoms with Crippen LogP contribution in [0.25, 0.3) is 11.0 Å². The average Bonchev–Trinajstić information content (AvgIpc) is 3.25. The number of imidazole rings is 1. The molecule has 0 spiro atoms. The molecule has 7 heteroatoms. The van der Waals surface area contributed by atoms with Gasteiger partial charge in [-0.2, -0.15) is 0 Å². The minimum Gasteiger partial charge on any atom is -0.467 e. The second kappa shape index (κ2) is 8.22. The van der Waals surface area contributed by atoms with Crippen LogP contribution in [0.5, 0.6) is 0 Å². The maximum Gasteiger partial charge on any atom is 0.233 e. The van der Waals surface area contributed by atoms with E-state index in [2.05, 4.69) is 9.55 Å². The summed E-state index contributed by atoms with van der Waals surface area (Å²) in [5.41, 5.74) is 1.98. The molecule has 3 rings (SSSR count). The van der Waals surface area contributed by atoms with Crippen LogP contribution in [0.15, 0.2) is 52.2 Å². The first-order valence-corrected chi connectivity index (χ1v) is 9.01. The van der Waals surface area contributed by atoms with Crippen LogP contribution < -0.4 is 0 Å². The van der Waals surface area contributed by atoms with Gasteiger partial charge in [0.2, 0.25) is 5.91 Å². The summed E-state index contributed by atoms with van der Waals surface area (Å²) in [6.07, 6.45) is 1.61. The molecule has 0 radical (unpaired) electrons. The van der Waals surface area contributed by atoms with Crippen molar-refractivity contribution in [2.75, 3.05) is 26.5 Å². The molecule has 2 heterocycles. The fourth-order valence-corrected chi connectivity index (χ4v) is 3.50. The Hall–Kier alpha value is -2.25. The number of furan rings is 1. The Labute approximate surface area is 150 Å². The minimum atomic E-state index is 0.0340. The number of methoxy groups -OCH3 is 1. The van der Waals surface area contributed by atoms with E-state index in [0.29, 0.717) is 25.4 Å². The number of carbonyl (C=O) groups is 1. The molecule has 0 saturated carbocycles. The van der Waals surface area contributed by atoms with Gasteiger partial charge in [0.05, 0.1) is 36.2 Å². The molecule has 25 heavy (non-hydrogen) atoms. The second-order valence-electron chi connectivity index (χ2n) is 5.65. The maximum atomic E-state index is 12.4. The first-order chi connectivity index (χ1) is 12.2. The Kier molecular flexibility index (Phi) is 5.78. The highest BCUT2D eigenvalue weighted by molar-refractivity contribution is 7.99. The van der Waals surface area contributed by atoms with Crippen molar-refractivity contribution in [1.82, 2.24) is 14.5 Å². The van der Waals surface area contributed by atoms with Gasteiger partial charge in [0, 0.05) is 20.7 Å². The molecule has 0 aliphatic heterocycles. The van der Waals surface area contributed by atoms with Crippen LogP contribution in [0.3, 0.4) is 0 Å². The smallest absolute Gasteiger partial charge is 0.233 e. The van der Waals surface area contributed by atoms with Crippen LogP contribution >= 0.6 is 11.8 Å². The quantitative estimate of drug-likeness (QED) is 0.579. The summed E-state index contributed by atoms with van der Waals surface area (Å²) in [6.45, 7) is 1.77. The third-order valence-corrected chi connectivity index (χ3v) is 4.82. The summed E-state index contributed by atoms with van der Waals surface area (Å²) in [7, 11) is 3.46. The highest BCUT2D eigenvalue weighted by Crippen LogP contribution is 2.24. The number of ether oxygens (including phenoxy) is 1. The number of fused-ring (bicyclic) bond motifs is 1. The van der Waals surface area contributed by atoms with Gasteiger partial charge < -0.3 is 18.6 Å². The number of carbonyl (C=O) groups excluding carboxylic acids is 1. The van der Waals surface area contributed by atoms with Crippen LogP contribution in [0.4, 0.5) is 0 Å². The van der Waals surface area contributed by atoms with E-state index in [1.54, 1.807) is 25.3 Å². The lowest BCUT2D eigenvalue weighted by Gasteiger charge is -2.15. The summed E-state index contributed by atoms with van der Waals surface area (Å²) in [6, 6.07) is 11.7.